The summed E-state index contributed by atoms with van der Waals surface area (Å²) < 4.78 is 5.13. The molecule has 37 heavy (non-hydrogen) atoms. The number of urea groups is 1. The Balaban J connectivity index is 1.52. The van der Waals surface area contributed by atoms with E-state index in [0.29, 0.717) is 22.8 Å². The van der Waals surface area contributed by atoms with E-state index in [1.54, 1.807) is 63.6 Å². The average Bonchev–Trinajstić information content (AvgIpc) is 3.03. The van der Waals surface area contributed by atoms with Crippen LogP contribution in [0.1, 0.15) is 56.1 Å². The van der Waals surface area contributed by atoms with Crippen molar-refractivity contribution in [2.45, 2.75) is 52.1 Å². The maximum Gasteiger partial charge on any atom is 0.332 e. The summed E-state index contributed by atoms with van der Waals surface area (Å²) >= 11 is 0. The predicted molar refractivity (Wildman–Crippen MR) is 143 cm³/mol. The highest BCUT2D eigenvalue weighted by Gasteiger charge is 2.51. The molecule has 1 N–H and O–H groups in total. The fourth-order valence-corrected chi connectivity index (χ4v) is 4.19. The number of carbonyl (C=O) groups is 3. The molecule has 192 valence electrons. The molecule has 1 aromatic heterocycles. The van der Waals surface area contributed by atoms with Gasteiger partial charge in [-0.15, -0.1) is 0 Å². The first kappa shape index (κ1) is 25.9. The normalized spacial score (nSPS) is 15.2. The van der Waals surface area contributed by atoms with E-state index in [9.17, 15) is 14.4 Å². The molecule has 1 saturated heterocycles. The molecule has 2 aromatic carbocycles. The first-order valence-corrected chi connectivity index (χ1v) is 12.1. The van der Waals surface area contributed by atoms with Crippen LogP contribution in [0.3, 0.4) is 0 Å². The van der Waals surface area contributed by atoms with Crippen molar-refractivity contribution in [3.05, 3.63) is 83.6 Å². The minimum atomic E-state index is -1.05. The van der Waals surface area contributed by atoms with Gasteiger partial charge in [-0.3, -0.25) is 9.59 Å². The molecule has 8 nitrogen and oxygen atoms in total. The molecule has 2 heterocycles. The van der Waals surface area contributed by atoms with Gasteiger partial charge < -0.3 is 15.0 Å². The third-order valence-electron chi connectivity index (χ3n) is 6.57. The van der Waals surface area contributed by atoms with E-state index >= 15 is 0 Å². The molecule has 1 aliphatic heterocycles. The molecule has 3 aromatic rings. The van der Waals surface area contributed by atoms with Crippen LogP contribution in [0.2, 0.25) is 0 Å². The van der Waals surface area contributed by atoms with Crippen LogP contribution in [0.4, 0.5) is 16.3 Å². The van der Waals surface area contributed by atoms with E-state index < -0.39 is 5.54 Å². The fraction of sp³-hybridized carbons (Fsp3) is 0.310. The van der Waals surface area contributed by atoms with Crippen molar-refractivity contribution < 1.29 is 19.1 Å². The van der Waals surface area contributed by atoms with Crippen LogP contribution < -0.4 is 15.0 Å². The second-order valence-corrected chi connectivity index (χ2v) is 10.6. The smallest absolute Gasteiger partial charge is 0.332 e. The monoisotopic (exact) mass is 500 g/mol. The van der Waals surface area contributed by atoms with Crippen LogP contribution >= 0.6 is 0 Å². The maximum absolute atomic E-state index is 13.5. The Hall–Kier alpha value is -4.20. The molecule has 0 radical (unpaired) electrons. The molecule has 0 unspecified atom stereocenters. The zero-order valence-corrected chi connectivity index (χ0v) is 22.0. The van der Waals surface area contributed by atoms with Crippen LogP contribution in [0.25, 0.3) is 0 Å². The Kier molecular flexibility index (Phi) is 6.78. The Bertz CT molecular complexity index is 1330. The largest absolute Gasteiger partial charge is 0.497 e. The number of hydrogen-bond donors (Lipinski definition) is 1. The molecule has 4 amide bonds. The van der Waals surface area contributed by atoms with Crippen LogP contribution in [0, 0.1) is 0 Å². The number of imide groups is 1. The molecule has 1 fully saturated rings. The number of hydrogen-bond acceptors (Lipinski definition) is 5. The van der Waals surface area contributed by atoms with Gasteiger partial charge in [-0.2, -0.15) is 0 Å². The number of methoxy groups -OCH3 is 1. The second kappa shape index (κ2) is 9.69. The number of anilines is 2. The number of pyridine rings is 1. The van der Waals surface area contributed by atoms with Crippen LogP contribution in [-0.2, 0) is 16.8 Å². The Morgan fingerprint density at radius 1 is 1.00 bits per heavy atom. The third-order valence-corrected chi connectivity index (χ3v) is 6.57. The van der Waals surface area contributed by atoms with E-state index in [1.807, 2.05) is 24.3 Å². The van der Waals surface area contributed by atoms with Crippen molar-refractivity contribution in [1.82, 2.24) is 9.88 Å². The fourth-order valence-electron chi connectivity index (χ4n) is 4.19. The van der Waals surface area contributed by atoms with Gasteiger partial charge in [-0.25, -0.2) is 14.7 Å². The Morgan fingerprint density at radius 3 is 2.24 bits per heavy atom. The van der Waals surface area contributed by atoms with E-state index in [2.05, 4.69) is 31.1 Å². The van der Waals surface area contributed by atoms with Gasteiger partial charge in [-0.1, -0.05) is 32.9 Å². The van der Waals surface area contributed by atoms with E-state index in [1.165, 1.54) is 9.80 Å². The first-order chi connectivity index (χ1) is 17.4. The summed E-state index contributed by atoms with van der Waals surface area (Å²) in [4.78, 5) is 46.4. The average molecular weight is 501 g/mol. The molecule has 4 rings (SSSR count). The number of carbonyl (C=O) groups excluding carboxylic acids is 3. The SMILES string of the molecule is COc1ccc(C(=O)Nc2cc(CN3C(=O)N(c4ccc(C(C)(C)C)cc4)C(=O)C3(C)C)ccn2)cc1. The summed E-state index contributed by atoms with van der Waals surface area (Å²) in [6, 6.07) is 17.4. The van der Waals surface area contributed by atoms with Gasteiger partial charge in [0.2, 0.25) is 0 Å². The van der Waals surface area contributed by atoms with Gasteiger partial charge in [-0.05, 0) is 78.9 Å². The van der Waals surface area contributed by atoms with Crippen molar-refractivity contribution in [1.29, 1.82) is 0 Å². The minimum absolute atomic E-state index is 0.0370. The number of benzene rings is 2. The zero-order valence-electron chi connectivity index (χ0n) is 22.0. The Labute approximate surface area is 217 Å². The van der Waals surface area contributed by atoms with Crippen molar-refractivity contribution in [2.24, 2.45) is 0 Å². The van der Waals surface area contributed by atoms with E-state index in [-0.39, 0.29) is 29.8 Å². The van der Waals surface area contributed by atoms with Crippen molar-refractivity contribution in [2.75, 3.05) is 17.3 Å². The number of aromatic nitrogens is 1. The molecule has 0 saturated carbocycles. The lowest BCUT2D eigenvalue weighted by molar-refractivity contribution is -0.123. The molecule has 0 atom stereocenters. The molecule has 8 heteroatoms. The predicted octanol–water partition coefficient (Wildman–Crippen LogP) is 5.39. The lowest BCUT2D eigenvalue weighted by Crippen LogP contribution is -2.43. The number of nitrogens with one attached hydrogen (secondary N) is 1. The number of amides is 4. The summed E-state index contributed by atoms with van der Waals surface area (Å²) in [6.07, 6.45) is 1.57. The summed E-state index contributed by atoms with van der Waals surface area (Å²) in [6.45, 7) is 10.0. The summed E-state index contributed by atoms with van der Waals surface area (Å²) in [5.74, 6) is 0.403. The highest BCUT2D eigenvalue weighted by Crippen LogP contribution is 2.34. The summed E-state index contributed by atoms with van der Waals surface area (Å²) in [7, 11) is 1.56. The maximum atomic E-state index is 13.5. The molecule has 0 aliphatic carbocycles. The van der Waals surface area contributed by atoms with Crippen LogP contribution in [0.15, 0.2) is 66.9 Å². The topological polar surface area (TPSA) is 91.8 Å². The van der Waals surface area contributed by atoms with Crippen LogP contribution in [0.5, 0.6) is 5.75 Å². The van der Waals surface area contributed by atoms with Crippen molar-refractivity contribution in [3.63, 3.8) is 0 Å². The molecule has 1 aliphatic rings. The summed E-state index contributed by atoms with van der Waals surface area (Å²) in [5.41, 5.74) is 1.77. The van der Waals surface area contributed by atoms with Crippen molar-refractivity contribution in [3.8, 4) is 5.75 Å². The lowest BCUT2D eigenvalue weighted by atomic mass is 9.87. The number of nitrogens with zero attached hydrogens (tertiary/aromatic N) is 3. The second-order valence-electron chi connectivity index (χ2n) is 10.6. The molecule has 0 spiro atoms. The first-order valence-electron chi connectivity index (χ1n) is 12.1. The quantitative estimate of drug-likeness (QED) is 0.459. The molecule has 0 bridgehead atoms. The molecular formula is C29H32N4O4. The van der Waals surface area contributed by atoms with Gasteiger partial charge in [0.05, 0.1) is 12.8 Å². The van der Waals surface area contributed by atoms with Crippen molar-refractivity contribution >= 4 is 29.4 Å². The Morgan fingerprint density at radius 2 is 1.65 bits per heavy atom. The summed E-state index contributed by atoms with van der Waals surface area (Å²) in [5, 5.41) is 2.78. The zero-order chi connectivity index (χ0) is 27.0. The lowest BCUT2D eigenvalue weighted by Gasteiger charge is -2.27. The van der Waals surface area contributed by atoms with Gasteiger partial charge >= 0.3 is 6.03 Å². The number of ether oxygens (including phenoxy) is 1. The van der Waals surface area contributed by atoms with Gasteiger partial charge in [0.15, 0.2) is 0 Å². The van der Waals surface area contributed by atoms with Gasteiger partial charge in [0.25, 0.3) is 11.8 Å². The standard InChI is InChI=1S/C29H32N4O4/c1-28(2,3)21-9-11-22(12-10-21)33-26(35)29(4,5)32(27(33)36)18-19-15-16-30-24(17-19)31-25(34)20-7-13-23(37-6)14-8-20/h7-17H,18H2,1-6H3,(H,30,31,34). The molecular weight excluding hydrogens is 468 g/mol. The van der Waals surface area contributed by atoms with Gasteiger partial charge in [0, 0.05) is 18.3 Å². The third kappa shape index (κ3) is 5.18. The van der Waals surface area contributed by atoms with Gasteiger partial charge in [0.1, 0.15) is 17.1 Å². The minimum Gasteiger partial charge on any atom is -0.497 e. The van der Waals surface area contributed by atoms with Crippen LogP contribution in [-0.4, -0.2) is 40.4 Å². The van der Waals surface area contributed by atoms with E-state index in [4.69, 9.17) is 4.74 Å². The number of rotatable bonds is 6. The van der Waals surface area contributed by atoms with E-state index in [0.717, 1.165) is 11.1 Å². The highest BCUT2D eigenvalue weighted by atomic mass is 16.5. The highest BCUT2D eigenvalue weighted by molar-refractivity contribution is 6.22.